The summed E-state index contributed by atoms with van der Waals surface area (Å²) in [6.07, 6.45) is 2.14. The predicted octanol–water partition coefficient (Wildman–Crippen LogP) is 4.15. The smallest absolute Gasteiger partial charge is 0.269 e. The number of carbonyl (C=O) groups excluding carboxylic acids is 1. The molecule has 4 rings (SSSR count). The third-order valence-electron chi connectivity index (χ3n) is 5.82. The zero-order valence-electron chi connectivity index (χ0n) is 18.7. The molecule has 174 valence electrons. The van der Waals surface area contributed by atoms with Crippen molar-refractivity contribution in [2.24, 2.45) is 0 Å². The quantitative estimate of drug-likeness (QED) is 0.493. The molecule has 1 saturated heterocycles. The highest BCUT2D eigenvalue weighted by Crippen LogP contribution is 2.21. The van der Waals surface area contributed by atoms with E-state index in [1.807, 2.05) is 42.5 Å². The Morgan fingerprint density at radius 3 is 2.85 bits per heavy atom. The van der Waals surface area contributed by atoms with Gasteiger partial charge in [0.2, 0.25) is 0 Å². The number of amides is 1. The van der Waals surface area contributed by atoms with Crippen LogP contribution in [0, 0.1) is 0 Å². The first-order valence-corrected chi connectivity index (χ1v) is 11.6. The van der Waals surface area contributed by atoms with Crippen molar-refractivity contribution in [1.82, 2.24) is 20.4 Å². The number of likely N-dealkylation sites (N-methyl/N-ethyl adjacent to an activating group) is 1. The average molecular weight is 469 g/mol. The Morgan fingerprint density at radius 1 is 1.21 bits per heavy atom. The molecule has 33 heavy (non-hydrogen) atoms. The molecule has 1 aliphatic rings. The lowest BCUT2D eigenvalue weighted by atomic mass is 10.1. The molecule has 0 atom stereocenters. The Kier molecular flexibility index (Phi) is 7.99. The van der Waals surface area contributed by atoms with Crippen molar-refractivity contribution in [1.29, 1.82) is 0 Å². The molecule has 2 heterocycles. The normalized spacial score (nSPS) is 14.4. The number of rotatable bonds is 9. The zero-order valence-corrected chi connectivity index (χ0v) is 19.5. The Hall–Kier alpha value is -2.87. The zero-order chi connectivity index (χ0) is 23.0. The maximum absolute atomic E-state index is 12.6. The minimum Gasteiger partial charge on any atom is -0.492 e. The molecule has 1 amide bonds. The van der Waals surface area contributed by atoms with Crippen LogP contribution < -0.4 is 10.1 Å². The number of ether oxygens (including phenoxy) is 2. The molecule has 0 spiro atoms. The number of nitrogens with zero attached hydrogens (tertiary/aromatic N) is 2. The second-order valence-electron chi connectivity index (χ2n) is 8.18. The summed E-state index contributed by atoms with van der Waals surface area (Å²) in [5.74, 6) is 0.576. The van der Waals surface area contributed by atoms with E-state index >= 15 is 0 Å². The summed E-state index contributed by atoms with van der Waals surface area (Å²) in [5.41, 5.74) is 2.88. The van der Waals surface area contributed by atoms with Gasteiger partial charge >= 0.3 is 0 Å². The fourth-order valence-electron chi connectivity index (χ4n) is 3.87. The van der Waals surface area contributed by atoms with Crippen molar-refractivity contribution in [3.8, 4) is 17.0 Å². The number of halogens is 1. The minimum atomic E-state index is -0.222. The van der Waals surface area contributed by atoms with Gasteiger partial charge in [-0.3, -0.25) is 14.8 Å². The highest BCUT2D eigenvalue weighted by Gasteiger charge is 2.18. The Bertz CT molecular complexity index is 1070. The first-order valence-electron chi connectivity index (χ1n) is 11.2. The molecule has 8 heteroatoms. The van der Waals surface area contributed by atoms with Crippen LogP contribution in [0.1, 0.15) is 28.9 Å². The first-order chi connectivity index (χ1) is 16.1. The monoisotopic (exact) mass is 468 g/mol. The van der Waals surface area contributed by atoms with E-state index in [-0.39, 0.29) is 5.91 Å². The van der Waals surface area contributed by atoms with Gasteiger partial charge in [-0.2, -0.15) is 5.10 Å². The Morgan fingerprint density at radius 2 is 2.03 bits per heavy atom. The molecule has 1 aromatic heterocycles. The standard InChI is InChI=1S/C25H29ClN4O3/c1-30(21-8-11-32-12-9-21)10-13-33-22-7-2-4-18(14-22)17-27-25(31)24-16-23(28-29-24)19-5-3-6-20(26)15-19/h2-7,14-16,21H,8-13,17H2,1H3,(H,27,31)(H,28,29). The molecule has 2 aromatic carbocycles. The van der Waals surface area contributed by atoms with Crippen LogP contribution in [0.2, 0.25) is 5.02 Å². The van der Waals surface area contributed by atoms with Crippen LogP contribution in [0.15, 0.2) is 54.6 Å². The van der Waals surface area contributed by atoms with Gasteiger partial charge in [0, 0.05) is 42.9 Å². The fourth-order valence-corrected chi connectivity index (χ4v) is 4.06. The molecule has 1 aliphatic heterocycles. The van der Waals surface area contributed by atoms with Gasteiger partial charge in [-0.25, -0.2) is 0 Å². The molecule has 7 nitrogen and oxygen atoms in total. The Labute approximate surface area is 199 Å². The van der Waals surface area contributed by atoms with Crippen molar-refractivity contribution in [3.63, 3.8) is 0 Å². The Balaban J connectivity index is 1.26. The molecular weight excluding hydrogens is 440 g/mol. The summed E-state index contributed by atoms with van der Waals surface area (Å²) < 4.78 is 11.4. The van der Waals surface area contributed by atoms with E-state index in [1.54, 1.807) is 12.1 Å². The summed E-state index contributed by atoms with van der Waals surface area (Å²) in [4.78, 5) is 14.9. The lowest BCUT2D eigenvalue weighted by Gasteiger charge is -2.31. The molecule has 0 bridgehead atoms. The molecule has 0 unspecified atom stereocenters. The summed E-state index contributed by atoms with van der Waals surface area (Å²) in [7, 11) is 2.14. The van der Waals surface area contributed by atoms with Crippen LogP contribution in [0.25, 0.3) is 11.3 Å². The summed E-state index contributed by atoms with van der Waals surface area (Å²) >= 11 is 6.04. The highest BCUT2D eigenvalue weighted by atomic mass is 35.5. The van der Waals surface area contributed by atoms with Gasteiger partial charge in [0.05, 0.1) is 5.69 Å². The topological polar surface area (TPSA) is 79.5 Å². The van der Waals surface area contributed by atoms with Gasteiger partial charge in [0.15, 0.2) is 0 Å². The van der Waals surface area contributed by atoms with Gasteiger partial charge in [0.1, 0.15) is 18.1 Å². The maximum atomic E-state index is 12.6. The van der Waals surface area contributed by atoms with Crippen LogP contribution in [-0.2, 0) is 11.3 Å². The summed E-state index contributed by atoms with van der Waals surface area (Å²) in [6, 6.07) is 17.4. The molecule has 0 radical (unpaired) electrons. The highest BCUT2D eigenvalue weighted by molar-refractivity contribution is 6.30. The van der Waals surface area contributed by atoms with Crippen molar-refractivity contribution >= 4 is 17.5 Å². The number of benzene rings is 2. The average Bonchev–Trinajstić information content (AvgIpc) is 3.34. The largest absolute Gasteiger partial charge is 0.492 e. The van der Waals surface area contributed by atoms with Gasteiger partial charge in [-0.15, -0.1) is 0 Å². The van der Waals surface area contributed by atoms with E-state index in [1.165, 1.54) is 0 Å². The van der Waals surface area contributed by atoms with Crippen molar-refractivity contribution < 1.29 is 14.3 Å². The summed E-state index contributed by atoms with van der Waals surface area (Å²) in [6.45, 7) is 3.54. The fraction of sp³-hybridized carbons (Fsp3) is 0.360. The summed E-state index contributed by atoms with van der Waals surface area (Å²) in [5, 5.41) is 10.6. The molecule has 0 aliphatic carbocycles. The third kappa shape index (κ3) is 6.57. The molecule has 1 fully saturated rings. The van der Waals surface area contributed by atoms with E-state index in [0.717, 1.165) is 49.5 Å². The number of nitrogens with one attached hydrogen (secondary N) is 2. The van der Waals surface area contributed by atoms with Gasteiger partial charge in [-0.05, 0) is 55.8 Å². The van der Waals surface area contributed by atoms with E-state index in [4.69, 9.17) is 21.1 Å². The SMILES string of the molecule is CN(CCOc1cccc(CNC(=O)c2cc(-c3cccc(Cl)c3)n[nH]2)c1)C1CCOCC1. The van der Waals surface area contributed by atoms with Crippen LogP contribution in [-0.4, -0.2) is 60.5 Å². The number of carbonyl (C=O) groups is 1. The van der Waals surface area contributed by atoms with Crippen molar-refractivity contribution in [2.45, 2.75) is 25.4 Å². The van der Waals surface area contributed by atoms with Gasteiger partial charge in [-0.1, -0.05) is 35.9 Å². The molecular formula is C25H29ClN4O3. The van der Waals surface area contributed by atoms with E-state index in [9.17, 15) is 4.79 Å². The van der Waals surface area contributed by atoms with E-state index in [0.29, 0.717) is 35.6 Å². The molecule has 3 aromatic rings. The maximum Gasteiger partial charge on any atom is 0.269 e. The van der Waals surface area contributed by atoms with E-state index in [2.05, 4.69) is 27.5 Å². The second kappa shape index (κ2) is 11.3. The number of aromatic amines is 1. The lowest BCUT2D eigenvalue weighted by Crippen LogP contribution is -2.38. The third-order valence-corrected chi connectivity index (χ3v) is 6.06. The lowest BCUT2D eigenvalue weighted by molar-refractivity contribution is 0.0392. The second-order valence-corrected chi connectivity index (χ2v) is 8.62. The van der Waals surface area contributed by atoms with Gasteiger partial charge in [0.25, 0.3) is 5.91 Å². The van der Waals surface area contributed by atoms with Crippen molar-refractivity contribution in [3.05, 3.63) is 70.9 Å². The number of hydrogen-bond donors (Lipinski definition) is 2. The number of H-pyrrole nitrogens is 1. The minimum absolute atomic E-state index is 0.222. The van der Waals surface area contributed by atoms with Crippen LogP contribution in [0.4, 0.5) is 0 Å². The van der Waals surface area contributed by atoms with E-state index < -0.39 is 0 Å². The molecule has 2 N–H and O–H groups in total. The van der Waals surface area contributed by atoms with Crippen LogP contribution in [0.3, 0.4) is 0 Å². The predicted molar refractivity (Wildman–Crippen MR) is 129 cm³/mol. The van der Waals surface area contributed by atoms with Gasteiger partial charge < -0.3 is 14.8 Å². The van der Waals surface area contributed by atoms with Crippen molar-refractivity contribution in [2.75, 3.05) is 33.4 Å². The molecule has 0 saturated carbocycles. The van der Waals surface area contributed by atoms with Crippen LogP contribution >= 0.6 is 11.6 Å². The van der Waals surface area contributed by atoms with Crippen LogP contribution in [0.5, 0.6) is 5.75 Å². The first kappa shape index (κ1) is 23.3. The number of aromatic nitrogens is 2. The number of hydrogen-bond acceptors (Lipinski definition) is 5.